The molecule has 0 aliphatic heterocycles. The van der Waals surface area contributed by atoms with Crippen molar-refractivity contribution in [2.75, 3.05) is 0 Å². The van der Waals surface area contributed by atoms with Crippen LogP contribution in [-0.2, 0) is 16.1 Å². The number of aromatic nitrogens is 4. The highest BCUT2D eigenvalue weighted by atomic mass is 32.1. The Morgan fingerprint density at radius 3 is 2.46 bits per heavy atom. The SMILES string of the molecule is CCCCC(=O)N(Cc1ccc2sc(-c3ccc(-c4nn[nH]n4)cc3)cc2c1)C(C(=O)O)C(C)C. The summed E-state index contributed by atoms with van der Waals surface area (Å²) in [6, 6.07) is 15.4. The lowest BCUT2D eigenvalue weighted by atomic mass is 10.0. The summed E-state index contributed by atoms with van der Waals surface area (Å²) in [7, 11) is 0. The molecule has 2 aromatic heterocycles. The number of aromatic amines is 1. The fourth-order valence-electron chi connectivity index (χ4n) is 4.19. The summed E-state index contributed by atoms with van der Waals surface area (Å²) >= 11 is 1.69. The van der Waals surface area contributed by atoms with Crippen molar-refractivity contribution in [2.24, 2.45) is 5.92 Å². The highest BCUT2D eigenvalue weighted by molar-refractivity contribution is 7.22. The van der Waals surface area contributed by atoms with Crippen LogP contribution in [0.2, 0.25) is 0 Å². The number of rotatable bonds is 10. The van der Waals surface area contributed by atoms with Crippen molar-refractivity contribution in [3.63, 3.8) is 0 Å². The number of unbranched alkanes of at least 4 members (excludes halogenated alkanes) is 1. The number of H-pyrrole nitrogens is 1. The first-order chi connectivity index (χ1) is 16.9. The van der Waals surface area contributed by atoms with Crippen molar-refractivity contribution in [1.82, 2.24) is 25.5 Å². The number of nitrogens with one attached hydrogen (secondary N) is 1. The molecule has 4 rings (SSSR count). The van der Waals surface area contributed by atoms with Crippen molar-refractivity contribution < 1.29 is 14.7 Å². The minimum Gasteiger partial charge on any atom is -0.480 e. The molecule has 0 aliphatic carbocycles. The highest BCUT2D eigenvalue weighted by Gasteiger charge is 2.32. The largest absolute Gasteiger partial charge is 0.480 e. The summed E-state index contributed by atoms with van der Waals surface area (Å²) in [4.78, 5) is 27.6. The van der Waals surface area contributed by atoms with Gasteiger partial charge in [-0.1, -0.05) is 57.5 Å². The Kier molecular flexibility index (Phi) is 7.55. The first-order valence-corrected chi connectivity index (χ1v) is 12.6. The number of nitrogens with zero attached hydrogens (tertiary/aromatic N) is 4. The van der Waals surface area contributed by atoms with Crippen LogP contribution in [-0.4, -0.2) is 48.5 Å². The zero-order valence-electron chi connectivity index (χ0n) is 20.1. The number of tetrazole rings is 1. The van der Waals surface area contributed by atoms with E-state index in [1.54, 1.807) is 11.3 Å². The van der Waals surface area contributed by atoms with Gasteiger partial charge in [0, 0.05) is 28.1 Å². The van der Waals surface area contributed by atoms with E-state index in [9.17, 15) is 14.7 Å². The van der Waals surface area contributed by atoms with Gasteiger partial charge in [-0.25, -0.2) is 4.79 Å². The molecular weight excluding hydrogens is 462 g/mol. The Morgan fingerprint density at radius 2 is 1.83 bits per heavy atom. The second-order valence-electron chi connectivity index (χ2n) is 8.95. The molecule has 0 radical (unpaired) electrons. The van der Waals surface area contributed by atoms with Crippen molar-refractivity contribution in [3.8, 4) is 21.8 Å². The second-order valence-corrected chi connectivity index (χ2v) is 10.0. The molecule has 2 heterocycles. The van der Waals surface area contributed by atoms with Gasteiger partial charge >= 0.3 is 5.97 Å². The molecule has 1 unspecified atom stereocenters. The normalized spacial score (nSPS) is 12.2. The summed E-state index contributed by atoms with van der Waals surface area (Å²) in [5.74, 6) is -0.713. The Morgan fingerprint density at radius 1 is 1.09 bits per heavy atom. The molecule has 2 N–H and O–H groups in total. The average Bonchev–Trinajstić information content (AvgIpc) is 3.52. The monoisotopic (exact) mass is 491 g/mol. The highest BCUT2D eigenvalue weighted by Crippen LogP contribution is 2.35. The van der Waals surface area contributed by atoms with E-state index < -0.39 is 12.0 Å². The number of thiophene rings is 1. The maximum atomic E-state index is 13.0. The van der Waals surface area contributed by atoms with Gasteiger partial charge in [0.15, 0.2) is 0 Å². The van der Waals surface area contributed by atoms with E-state index in [1.807, 2.05) is 57.2 Å². The molecule has 0 spiro atoms. The lowest BCUT2D eigenvalue weighted by molar-refractivity contribution is -0.153. The van der Waals surface area contributed by atoms with E-state index in [0.29, 0.717) is 12.2 Å². The average molecular weight is 492 g/mol. The molecule has 182 valence electrons. The molecule has 0 bridgehead atoms. The lowest BCUT2D eigenvalue weighted by Crippen LogP contribution is -2.47. The Bertz CT molecular complexity index is 1300. The third-order valence-corrected chi connectivity index (χ3v) is 7.16. The van der Waals surface area contributed by atoms with Crippen LogP contribution in [0.15, 0.2) is 48.5 Å². The van der Waals surface area contributed by atoms with Gasteiger partial charge in [-0.05, 0) is 52.3 Å². The van der Waals surface area contributed by atoms with E-state index in [2.05, 4.69) is 32.8 Å². The van der Waals surface area contributed by atoms with Crippen molar-refractivity contribution in [3.05, 3.63) is 54.1 Å². The molecule has 8 nitrogen and oxygen atoms in total. The number of carbonyl (C=O) groups is 2. The molecule has 9 heteroatoms. The van der Waals surface area contributed by atoms with Gasteiger partial charge in [-0.2, -0.15) is 5.21 Å². The minimum atomic E-state index is -0.965. The molecule has 4 aromatic rings. The minimum absolute atomic E-state index is 0.110. The number of carboxylic acids is 1. The van der Waals surface area contributed by atoms with Gasteiger partial charge in [-0.3, -0.25) is 4.79 Å². The zero-order chi connectivity index (χ0) is 24.9. The predicted octanol–water partition coefficient (Wildman–Crippen LogP) is 5.38. The van der Waals surface area contributed by atoms with Crippen LogP contribution in [0, 0.1) is 5.92 Å². The molecule has 35 heavy (non-hydrogen) atoms. The molecule has 0 saturated carbocycles. The molecule has 0 fully saturated rings. The molecule has 1 amide bonds. The van der Waals surface area contributed by atoms with Crippen LogP contribution in [0.25, 0.3) is 31.9 Å². The van der Waals surface area contributed by atoms with Gasteiger partial charge in [0.25, 0.3) is 0 Å². The number of amides is 1. The van der Waals surface area contributed by atoms with Crippen LogP contribution in [0.3, 0.4) is 0 Å². The van der Waals surface area contributed by atoms with Gasteiger partial charge in [0.1, 0.15) is 6.04 Å². The van der Waals surface area contributed by atoms with Crippen LogP contribution in [0.1, 0.15) is 45.6 Å². The summed E-state index contributed by atoms with van der Waals surface area (Å²) < 4.78 is 1.13. The maximum absolute atomic E-state index is 13.0. The number of hydrogen-bond acceptors (Lipinski definition) is 6. The number of carbonyl (C=O) groups excluding carboxylic acids is 1. The first-order valence-electron chi connectivity index (χ1n) is 11.8. The lowest BCUT2D eigenvalue weighted by Gasteiger charge is -2.32. The van der Waals surface area contributed by atoms with Gasteiger partial charge in [0.05, 0.1) is 0 Å². The third kappa shape index (κ3) is 5.57. The van der Waals surface area contributed by atoms with E-state index in [-0.39, 0.29) is 18.4 Å². The molecule has 0 aliphatic rings. The van der Waals surface area contributed by atoms with Crippen LogP contribution >= 0.6 is 11.3 Å². The second kappa shape index (κ2) is 10.8. The zero-order valence-corrected chi connectivity index (χ0v) is 20.9. The fourth-order valence-corrected chi connectivity index (χ4v) is 5.24. The predicted molar refractivity (Wildman–Crippen MR) is 137 cm³/mol. The van der Waals surface area contributed by atoms with Crippen LogP contribution < -0.4 is 0 Å². The smallest absolute Gasteiger partial charge is 0.326 e. The van der Waals surface area contributed by atoms with Gasteiger partial charge in [0.2, 0.25) is 11.7 Å². The Balaban J connectivity index is 1.59. The fraction of sp³-hybridized carbons (Fsp3) is 0.346. The van der Waals surface area contributed by atoms with E-state index in [0.717, 1.165) is 44.5 Å². The van der Waals surface area contributed by atoms with Crippen LogP contribution in [0.4, 0.5) is 0 Å². The van der Waals surface area contributed by atoms with E-state index in [1.165, 1.54) is 4.90 Å². The summed E-state index contributed by atoms with van der Waals surface area (Å²) in [5, 5.41) is 25.0. The van der Waals surface area contributed by atoms with Crippen LogP contribution in [0.5, 0.6) is 0 Å². The quantitative estimate of drug-likeness (QED) is 0.308. The number of fused-ring (bicyclic) bond motifs is 1. The topological polar surface area (TPSA) is 112 Å². The molecule has 1 atom stereocenters. The van der Waals surface area contributed by atoms with Gasteiger partial charge < -0.3 is 10.0 Å². The Labute approximate surface area is 208 Å². The summed E-state index contributed by atoms with van der Waals surface area (Å²) in [6.07, 6.45) is 1.99. The number of aliphatic carboxylic acids is 1. The van der Waals surface area contributed by atoms with Crippen molar-refractivity contribution in [1.29, 1.82) is 0 Å². The maximum Gasteiger partial charge on any atom is 0.326 e. The molecular formula is C26H29N5O3S. The van der Waals surface area contributed by atoms with E-state index in [4.69, 9.17) is 0 Å². The summed E-state index contributed by atoms with van der Waals surface area (Å²) in [6.45, 7) is 5.99. The summed E-state index contributed by atoms with van der Waals surface area (Å²) in [5.41, 5.74) is 2.89. The molecule has 0 saturated heterocycles. The number of carboxylic acid groups (broad SMARTS) is 1. The van der Waals surface area contributed by atoms with Gasteiger partial charge in [-0.15, -0.1) is 21.5 Å². The van der Waals surface area contributed by atoms with E-state index >= 15 is 0 Å². The number of hydrogen-bond donors (Lipinski definition) is 2. The Hall–Kier alpha value is -3.59. The van der Waals surface area contributed by atoms with Crippen molar-refractivity contribution in [2.45, 2.75) is 52.6 Å². The first kappa shape index (κ1) is 24.5. The van der Waals surface area contributed by atoms with Crippen molar-refractivity contribution >= 4 is 33.3 Å². The third-order valence-electron chi connectivity index (χ3n) is 5.99. The molecule has 2 aromatic carbocycles. The number of benzene rings is 2. The standard InChI is InChI=1S/C26H29N5O3S/c1-4-5-6-23(32)31(24(16(2)3)26(33)34)15-17-7-12-21-20(13-17)14-22(35-21)18-8-10-19(11-9-18)25-27-29-30-28-25/h7-14,16,24H,4-6,15H2,1-3H3,(H,33,34)(H,27,28,29,30).